The first kappa shape index (κ1) is 19.0. The van der Waals surface area contributed by atoms with Crippen molar-refractivity contribution in [3.8, 4) is 11.5 Å². The molecule has 0 aromatic heterocycles. The molecule has 1 fully saturated rings. The van der Waals surface area contributed by atoms with E-state index in [0.717, 1.165) is 24.3 Å². The molecule has 1 aromatic carbocycles. The summed E-state index contributed by atoms with van der Waals surface area (Å²) in [5.41, 5.74) is 2.23. The zero-order chi connectivity index (χ0) is 20.8. The van der Waals surface area contributed by atoms with Gasteiger partial charge in [0.1, 0.15) is 12.1 Å². The van der Waals surface area contributed by atoms with Gasteiger partial charge in [0.05, 0.1) is 31.0 Å². The summed E-state index contributed by atoms with van der Waals surface area (Å²) in [6, 6.07) is 4.87. The average molecular weight is 399 g/mol. The fourth-order valence-corrected chi connectivity index (χ4v) is 6.37. The molecule has 1 aromatic rings. The van der Waals surface area contributed by atoms with Crippen LogP contribution in [0.3, 0.4) is 0 Å². The topological polar surface area (TPSA) is 44.8 Å². The van der Waals surface area contributed by atoms with E-state index in [-0.39, 0.29) is 17.5 Å². The summed E-state index contributed by atoms with van der Waals surface area (Å²) in [4.78, 5) is 12.6. The Morgan fingerprint density at radius 3 is 2.79 bits per heavy atom. The number of likely N-dealkylation sites (tertiary alicyclic amines) is 1. The molecule has 1 saturated heterocycles. The van der Waals surface area contributed by atoms with Crippen LogP contribution >= 0.6 is 0 Å². The molecular weight excluding hydrogens is 366 g/mol. The van der Waals surface area contributed by atoms with Crippen LogP contribution in [0.4, 0.5) is 0 Å². The second kappa shape index (κ2) is 5.78. The summed E-state index contributed by atoms with van der Waals surface area (Å²) in [7, 11) is 3.97. The van der Waals surface area contributed by atoms with Crippen LogP contribution < -0.4 is 9.47 Å². The number of rotatable bonds is 3. The van der Waals surface area contributed by atoms with Gasteiger partial charge < -0.3 is 14.2 Å². The lowest BCUT2D eigenvalue weighted by atomic mass is 9.60. The summed E-state index contributed by atoms with van der Waals surface area (Å²) in [6.45, 7) is 8.45. The summed E-state index contributed by atoms with van der Waals surface area (Å²) in [6.07, 6.45) is 6.82. The molecule has 2 aliphatic heterocycles. The van der Waals surface area contributed by atoms with Gasteiger partial charge >= 0.3 is 5.97 Å². The van der Waals surface area contributed by atoms with Crippen molar-refractivity contribution < 1.29 is 23.5 Å². The third-order valence-corrected chi connectivity index (χ3v) is 8.10. The summed E-state index contributed by atoms with van der Waals surface area (Å²) < 4.78 is 18.8. The molecule has 0 radical (unpaired) electrons. The lowest BCUT2D eigenvalue weighted by Gasteiger charge is -2.55. The Morgan fingerprint density at radius 2 is 2.10 bits per heavy atom. The van der Waals surface area contributed by atoms with Crippen molar-refractivity contribution in [3.63, 3.8) is 0 Å². The molecule has 29 heavy (non-hydrogen) atoms. The maximum absolute atomic E-state index is 12.6. The zero-order valence-corrected chi connectivity index (χ0v) is 18.3. The molecule has 5 nitrogen and oxygen atoms in total. The van der Waals surface area contributed by atoms with E-state index in [2.05, 4.69) is 32.2 Å². The van der Waals surface area contributed by atoms with E-state index in [9.17, 15) is 4.79 Å². The molecule has 0 saturated carbocycles. The Kier molecular flexibility index (Phi) is 3.78. The third kappa shape index (κ3) is 2.23. The number of carbonyl (C=O) groups excluding carboxylic acids is 1. The minimum atomic E-state index is -0.495. The second-order valence-electron chi connectivity index (χ2n) is 10.5. The number of methoxy groups -OCH3 is 1. The normalized spacial score (nSPS) is 38.4. The number of esters is 1. The molecule has 4 aliphatic rings. The number of quaternary nitrogens is 1. The molecule has 0 N–H and O–H groups in total. The van der Waals surface area contributed by atoms with E-state index in [0.29, 0.717) is 29.2 Å². The van der Waals surface area contributed by atoms with Gasteiger partial charge in [0, 0.05) is 29.9 Å². The van der Waals surface area contributed by atoms with Crippen molar-refractivity contribution in [3.05, 3.63) is 35.4 Å². The number of piperidine rings is 1. The average Bonchev–Trinajstić information content (AvgIpc) is 3.18. The van der Waals surface area contributed by atoms with Gasteiger partial charge in [-0.3, -0.25) is 9.28 Å². The van der Waals surface area contributed by atoms with Crippen LogP contribution in [0.1, 0.15) is 57.7 Å². The molecule has 2 aliphatic carbocycles. The second-order valence-corrected chi connectivity index (χ2v) is 10.5. The van der Waals surface area contributed by atoms with Gasteiger partial charge in [0.15, 0.2) is 11.5 Å². The molecule has 2 bridgehead atoms. The van der Waals surface area contributed by atoms with E-state index >= 15 is 0 Å². The van der Waals surface area contributed by atoms with E-state index in [1.165, 1.54) is 11.1 Å². The highest BCUT2D eigenvalue weighted by Crippen LogP contribution is 2.69. The van der Waals surface area contributed by atoms with Crippen LogP contribution in [0, 0.1) is 11.3 Å². The van der Waals surface area contributed by atoms with E-state index in [4.69, 9.17) is 14.2 Å². The number of nitrogens with zero attached hydrogens (tertiary/aromatic N) is 1. The van der Waals surface area contributed by atoms with Gasteiger partial charge in [-0.2, -0.15) is 0 Å². The quantitative estimate of drug-likeness (QED) is 0.437. The van der Waals surface area contributed by atoms with Gasteiger partial charge in [-0.05, 0) is 39.8 Å². The standard InChI is InChI=1S/C24H32NO4/c1-14-16-8-7-9-19-24(16)12-17(25(14,5)13-28-22(26)23(2,3)4)15-10-11-18(27-6)21(29-19)20(15)24/h7-8,10-11,14,16-17,19H,9,12-13H2,1-6H3/q+1. The fourth-order valence-electron chi connectivity index (χ4n) is 6.37. The smallest absolute Gasteiger partial charge is 0.315 e. The van der Waals surface area contributed by atoms with Crippen LogP contribution in [0.15, 0.2) is 24.3 Å². The Balaban J connectivity index is 1.62. The van der Waals surface area contributed by atoms with E-state index < -0.39 is 5.41 Å². The van der Waals surface area contributed by atoms with Crippen LogP contribution in [-0.2, 0) is 14.9 Å². The maximum atomic E-state index is 12.6. The number of carbonyl (C=O) groups is 1. The van der Waals surface area contributed by atoms with Crippen LogP contribution in [0.5, 0.6) is 11.5 Å². The lowest BCUT2D eigenvalue weighted by molar-refractivity contribution is -0.983. The Hall–Kier alpha value is -2.01. The first-order valence-corrected chi connectivity index (χ1v) is 10.7. The minimum Gasteiger partial charge on any atom is -0.493 e. The Labute approximate surface area is 173 Å². The largest absolute Gasteiger partial charge is 0.493 e. The third-order valence-electron chi connectivity index (χ3n) is 8.10. The number of fused-ring (bicyclic) bond motifs is 2. The highest BCUT2D eigenvalue weighted by Gasteiger charge is 2.70. The predicted molar refractivity (Wildman–Crippen MR) is 110 cm³/mol. The van der Waals surface area contributed by atoms with Gasteiger partial charge in [0.2, 0.25) is 6.73 Å². The van der Waals surface area contributed by atoms with Crippen molar-refractivity contribution in [1.82, 2.24) is 0 Å². The maximum Gasteiger partial charge on any atom is 0.315 e. The monoisotopic (exact) mass is 398 g/mol. The predicted octanol–water partition coefficient (Wildman–Crippen LogP) is 4.11. The molecule has 0 amide bonds. The van der Waals surface area contributed by atoms with Gasteiger partial charge in [0.25, 0.3) is 0 Å². The molecule has 5 heteroatoms. The van der Waals surface area contributed by atoms with Crippen molar-refractivity contribution in [2.24, 2.45) is 11.3 Å². The number of benzene rings is 1. The molecule has 2 heterocycles. The van der Waals surface area contributed by atoms with Gasteiger partial charge in [-0.15, -0.1) is 0 Å². The summed E-state index contributed by atoms with van der Waals surface area (Å²) >= 11 is 0. The highest BCUT2D eigenvalue weighted by molar-refractivity contribution is 5.75. The first-order valence-electron chi connectivity index (χ1n) is 10.7. The number of hydrogen-bond donors (Lipinski definition) is 0. The van der Waals surface area contributed by atoms with E-state index in [1.807, 2.05) is 26.8 Å². The SMILES string of the molecule is COc1ccc2c3c1OC1CC=CC4C(C)[N+](C)(COC(=O)C(C)(C)C)C2CC314. The zero-order valence-electron chi connectivity index (χ0n) is 18.3. The van der Waals surface area contributed by atoms with E-state index in [1.54, 1.807) is 7.11 Å². The molecular formula is C24H32NO4+. The highest BCUT2D eigenvalue weighted by atomic mass is 16.6. The van der Waals surface area contributed by atoms with Crippen molar-refractivity contribution in [1.29, 1.82) is 0 Å². The number of ether oxygens (including phenoxy) is 3. The molecule has 156 valence electrons. The molecule has 6 atom stereocenters. The van der Waals surface area contributed by atoms with Gasteiger partial charge in [-0.25, -0.2) is 0 Å². The molecule has 6 unspecified atom stereocenters. The first-order chi connectivity index (χ1) is 13.6. The van der Waals surface area contributed by atoms with Crippen molar-refractivity contribution in [2.45, 2.75) is 64.1 Å². The Bertz CT molecular complexity index is 916. The van der Waals surface area contributed by atoms with Crippen LogP contribution in [-0.4, -0.2) is 43.5 Å². The fraction of sp³-hybridized carbons (Fsp3) is 0.625. The van der Waals surface area contributed by atoms with Crippen LogP contribution in [0.2, 0.25) is 0 Å². The van der Waals surface area contributed by atoms with Crippen molar-refractivity contribution >= 4 is 5.97 Å². The summed E-state index contributed by atoms with van der Waals surface area (Å²) in [5.74, 6) is 1.99. The van der Waals surface area contributed by atoms with Crippen LogP contribution in [0.25, 0.3) is 0 Å². The van der Waals surface area contributed by atoms with Crippen molar-refractivity contribution in [2.75, 3.05) is 20.9 Å². The Morgan fingerprint density at radius 1 is 1.34 bits per heavy atom. The molecule has 5 rings (SSSR count). The molecule has 1 spiro atoms. The number of hydrogen-bond acceptors (Lipinski definition) is 4. The summed E-state index contributed by atoms with van der Waals surface area (Å²) in [5, 5.41) is 0. The van der Waals surface area contributed by atoms with Gasteiger partial charge in [-0.1, -0.05) is 12.2 Å². The lowest BCUT2D eigenvalue weighted by Crippen LogP contribution is -2.65. The minimum absolute atomic E-state index is 0.0177.